The number of aromatic nitrogens is 2. The van der Waals surface area contributed by atoms with Crippen molar-refractivity contribution in [3.05, 3.63) is 76.8 Å². The highest BCUT2D eigenvalue weighted by atomic mass is 35.5. The van der Waals surface area contributed by atoms with Crippen LogP contribution < -0.4 is 9.47 Å². The quantitative estimate of drug-likeness (QED) is 0.230. The molecule has 3 aromatic rings. The van der Waals surface area contributed by atoms with Crippen molar-refractivity contribution < 1.29 is 44.3 Å². The molecule has 0 saturated carbocycles. The predicted octanol–water partition coefficient (Wildman–Crippen LogP) is 3.42. The van der Waals surface area contributed by atoms with Crippen molar-refractivity contribution in [2.45, 2.75) is 51.4 Å². The maximum Gasteiger partial charge on any atom is 0.336 e. The second-order valence-corrected chi connectivity index (χ2v) is 9.97. The van der Waals surface area contributed by atoms with E-state index in [0.717, 1.165) is 49.7 Å². The minimum atomic E-state index is -2.74. The Bertz CT molecular complexity index is 1330. The summed E-state index contributed by atoms with van der Waals surface area (Å²) in [6.45, 7) is 5.95. The normalized spacial score (nSPS) is 12.1. The van der Waals surface area contributed by atoms with Crippen molar-refractivity contribution in [1.82, 2.24) is 14.5 Å². The summed E-state index contributed by atoms with van der Waals surface area (Å²) in [4.78, 5) is 37.0. The number of nitrogens with zero attached hydrogens (tertiary/aromatic N) is 3. The topological polar surface area (TPSA) is 172 Å². The molecule has 0 amide bonds. The van der Waals surface area contributed by atoms with Gasteiger partial charge in [0.15, 0.2) is 17.1 Å². The van der Waals surface area contributed by atoms with Gasteiger partial charge in [0, 0.05) is 49.7 Å². The molecular formula is C28H32ClN3O9. The highest BCUT2D eigenvalue weighted by Crippen LogP contribution is 2.37. The molecule has 0 fully saturated rings. The summed E-state index contributed by atoms with van der Waals surface area (Å²) in [7, 11) is 0. The Kier molecular flexibility index (Phi) is 11.1. The first-order valence-corrected chi connectivity index (χ1v) is 13.0. The maximum absolute atomic E-state index is 10.3. The molecule has 2 aromatic carbocycles. The van der Waals surface area contributed by atoms with E-state index in [1.54, 1.807) is 0 Å². The molecule has 4 N–H and O–H groups in total. The van der Waals surface area contributed by atoms with Gasteiger partial charge in [-0.05, 0) is 36.1 Å². The minimum Gasteiger partial charge on any atom is -0.481 e. The van der Waals surface area contributed by atoms with E-state index in [0.29, 0.717) is 5.02 Å². The molecule has 1 aromatic heterocycles. The van der Waals surface area contributed by atoms with Gasteiger partial charge < -0.3 is 34.5 Å². The standard InChI is InChI=1S/C22H24ClN3O2.C6H8O7/c1-17-5-2-3-6-18(17)13-26(9-4-8-25-10-7-24-15-25)14-19-11-21-22(12-20(19)23)28-16-27-21;7-3(8)1-6(13,5(11)12)2-4(9)10/h2-3,5-7,10-12,15H,4,8-9,13-14,16H2,1H3;13H,1-2H2,(H,7,8)(H,9,10)(H,11,12). The fourth-order valence-corrected chi connectivity index (χ4v) is 4.39. The largest absolute Gasteiger partial charge is 0.481 e. The fourth-order valence-electron chi connectivity index (χ4n) is 4.17. The van der Waals surface area contributed by atoms with Crippen molar-refractivity contribution in [3.63, 3.8) is 0 Å². The summed E-state index contributed by atoms with van der Waals surface area (Å²) in [5.41, 5.74) is 0.959. The van der Waals surface area contributed by atoms with Gasteiger partial charge in [-0.25, -0.2) is 9.78 Å². The van der Waals surface area contributed by atoms with E-state index in [2.05, 4.69) is 45.6 Å². The highest BCUT2D eigenvalue weighted by Gasteiger charge is 2.40. The minimum absolute atomic E-state index is 0.257. The van der Waals surface area contributed by atoms with Crippen LogP contribution in [0, 0.1) is 6.92 Å². The second kappa shape index (κ2) is 14.5. The Morgan fingerprint density at radius 3 is 2.24 bits per heavy atom. The molecule has 0 radical (unpaired) electrons. The summed E-state index contributed by atoms with van der Waals surface area (Å²) in [5.74, 6) is -3.53. The summed E-state index contributed by atoms with van der Waals surface area (Å²) in [6.07, 6.45) is 4.42. The van der Waals surface area contributed by atoms with Crippen LogP contribution >= 0.6 is 11.6 Å². The van der Waals surface area contributed by atoms with E-state index in [9.17, 15) is 14.4 Å². The first kappa shape index (κ1) is 31.4. The zero-order valence-corrected chi connectivity index (χ0v) is 23.2. The van der Waals surface area contributed by atoms with Crippen LogP contribution in [-0.4, -0.2) is 71.7 Å². The third-order valence-corrected chi connectivity index (χ3v) is 6.68. The van der Waals surface area contributed by atoms with E-state index in [4.69, 9.17) is 41.5 Å². The van der Waals surface area contributed by atoms with Crippen LogP contribution in [0.2, 0.25) is 5.02 Å². The molecule has 13 heteroatoms. The van der Waals surface area contributed by atoms with Crippen LogP contribution in [0.15, 0.2) is 55.1 Å². The number of hydrogen-bond acceptors (Lipinski definition) is 8. The number of benzene rings is 2. The van der Waals surface area contributed by atoms with Gasteiger partial charge in [0.1, 0.15) is 0 Å². The first-order valence-electron chi connectivity index (χ1n) is 12.7. The Morgan fingerprint density at radius 1 is 1.02 bits per heavy atom. The fraction of sp³-hybridized carbons (Fsp3) is 0.357. The van der Waals surface area contributed by atoms with Gasteiger partial charge >= 0.3 is 17.9 Å². The first-order chi connectivity index (χ1) is 19.5. The molecule has 220 valence electrons. The number of aryl methyl sites for hydroxylation is 2. The molecule has 0 unspecified atom stereocenters. The molecule has 0 saturated heterocycles. The Labute approximate surface area is 241 Å². The predicted molar refractivity (Wildman–Crippen MR) is 147 cm³/mol. The number of carbonyl (C=O) groups is 3. The monoisotopic (exact) mass is 589 g/mol. The second-order valence-electron chi connectivity index (χ2n) is 9.57. The molecule has 0 bridgehead atoms. The molecule has 41 heavy (non-hydrogen) atoms. The highest BCUT2D eigenvalue weighted by molar-refractivity contribution is 6.31. The van der Waals surface area contributed by atoms with Crippen molar-refractivity contribution >= 4 is 29.5 Å². The molecule has 0 aliphatic carbocycles. The Morgan fingerprint density at radius 2 is 1.66 bits per heavy atom. The number of imidazole rings is 1. The lowest BCUT2D eigenvalue weighted by molar-refractivity contribution is -0.170. The summed E-state index contributed by atoms with van der Waals surface area (Å²) in [6, 6.07) is 12.4. The lowest BCUT2D eigenvalue weighted by Gasteiger charge is -2.24. The molecule has 1 aliphatic heterocycles. The van der Waals surface area contributed by atoms with Crippen LogP contribution in [0.4, 0.5) is 0 Å². The van der Waals surface area contributed by atoms with Crippen molar-refractivity contribution in [2.75, 3.05) is 13.3 Å². The van der Waals surface area contributed by atoms with Gasteiger partial charge in [-0.3, -0.25) is 14.5 Å². The van der Waals surface area contributed by atoms with Crippen molar-refractivity contribution in [3.8, 4) is 11.5 Å². The number of carboxylic acid groups (broad SMARTS) is 3. The number of fused-ring (bicyclic) bond motifs is 1. The van der Waals surface area contributed by atoms with E-state index in [1.165, 1.54) is 11.1 Å². The summed E-state index contributed by atoms with van der Waals surface area (Å²) < 4.78 is 13.1. The van der Waals surface area contributed by atoms with Crippen molar-refractivity contribution in [2.24, 2.45) is 0 Å². The SMILES string of the molecule is Cc1ccccc1CN(CCCn1ccnc1)Cc1cc2c(cc1Cl)OCO2.O=C(O)CC(O)(CC(=O)O)C(=O)O. The van der Waals surface area contributed by atoms with Gasteiger partial charge in [-0.1, -0.05) is 35.9 Å². The van der Waals surface area contributed by atoms with Crippen LogP contribution in [0.3, 0.4) is 0 Å². The molecular weight excluding hydrogens is 558 g/mol. The number of carboxylic acids is 3. The van der Waals surface area contributed by atoms with Gasteiger partial charge in [0.25, 0.3) is 0 Å². The van der Waals surface area contributed by atoms with Crippen molar-refractivity contribution in [1.29, 1.82) is 0 Å². The Balaban J connectivity index is 0.000000302. The third kappa shape index (κ3) is 9.48. The number of aliphatic hydroxyl groups is 1. The van der Waals surface area contributed by atoms with Crippen LogP contribution in [0.1, 0.15) is 36.0 Å². The maximum atomic E-state index is 10.3. The average molecular weight is 590 g/mol. The zero-order valence-electron chi connectivity index (χ0n) is 22.4. The molecule has 12 nitrogen and oxygen atoms in total. The van der Waals surface area contributed by atoms with Gasteiger partial charge in [0.05, 0.1) is 19.2 Å². The zero-order chi connectivity index (χ0) is 30.0. The third-order valence-electron chi connectivity index (χ3n) is 6.33. The van der Waals surface area contributed by atoms with E-state index < -0.39 is 36.4 Å². The molecule has 1 aliphatic rings. The van der Waals surface area contributed by atoms with Crippen LogP contribution in [-0.2, 0) is 34.0 Å². The van der Waals surface area contributed by atoms with Gasteiger partial charge in [-0.15, -0.1) is 0 Å². The number of rotatable bonds is 13. The molecule has 2 heterocycles. The summed E-state index contributed by atoms with van der Waals surface area (Å²) in [5, 5.41) is 34.5. The lowest BCUT2D eigenvalue weighted by atomic mass is 9.96. The van der Waals surface area contributed by atoms with Crippen LogP contribution in [0.5, 0.6) is 11.5 Å². The molecule has 4 rings (SSSR count). The van der Waals surface area contributed by atoms with E-state index in [1.807, 2.05) is 30.9 Å². The Hall–Kier alpha value is -4.13. The number of aliphatic carboxylic acids is 3. The van der Waals surface area contributed by atoms with E-state index in [-0.39, 0.29) is 6.79 Å². The average Bonchev–Trinajstić information content (AvgIpc) is 3.57. The lowest BCUT2D eigenvalue weighted by Crippen LogP contribution is -2.42. The number of ether oxygens (including phenoxy) is 2. The smallest absolute Gasteiger partial charge is 0.336 e. The van der Waals surface area contributed by atoms with E-state index >= 15 is 0 Å². The number of halogens is 1. The van der Waals surface area contributed by atoms with Crippen LogP contribution in [0.25, 0.3) is 0 Å². The van der Waals surface area contributed by atoms with Gasteiger partial charge in [0.2, 0.25) is 6.79 Å². The molecule has 0 spiro atoms. The summed E-state index contributed by atoms with van der Waals surface area (Å²) >= 11 is 6.53. The molecule has 0 atom stereocenters. The van der Waals surface area contributed by atoms with Gasteiger partial charge in [-0.2, -0.15) is 0 Å². The number of hydrogen-bond donors (Lipinski definition) is 4.